The first kappa shape index (κ1) is 94.1. The fourth-order valence-electron chi connectivity index (χ4n) is 11.7. The molecule has 0 saturated carbocycles. The van der Waals surface area contributed by atoms with E-state index in [2.05, 4.69) is 48.5 Å². The predicted octanol–water partition coefficient (Wildman–Crippen LogP) is 22.6. The average molecular weight is 1410 g/mol. The van der Waals surface area contributed by atoms with E-state index in [4.69, 9.17) is 37.0 Å². The highest BCUT2D eigenvalue weighted by atomic mass is 31.2. The normalized spacial score (nSPS) is 14.3. The average Bonchev–Trinajstić information content (AvgIpc) is 1.48. The Kier molecular flexibility index (Phi) is 66.2. The molecule has 96 heavy (non-hydrogen) atoms. The van der Waals surface area contributed by atoms with E-state index in [0.29, 0.717) is 25.7 Å². The third-order valence-electron chi connectivity index (χ3n) is 18.2. The summed E-state index contributed by atoms with van der Waals surface area (Å²) in [5, 5.41) is 10.6. The minimum absolute atomic E-state index is 0.103. The third-order valence-corrected chi connectivity index (χ3v) is 20.1. The van der Waals surface area contributed by atoms with Crippen LogP contribution in [0.1, 0.15) is 395 Å². The van der Waals surface area contributed by atoms with Crippen LogP contribution < -0.4 is 0 Å². The van der Waals surface area contributed by atoms with Crippen LogP contribution >= 0.6 is 15.6 Å². The van der Waals surface area contributed by atoms with Crippen molar-refractivity contribution in [3.05, 3.63) is 0 Å². The molecule has 0 aliphatic carbocycles. The smallest absolute Gasteiger partial charge is 0.462 e. The van der Waals surface area contributed by atoms with Crippen molar-refractivity contribution >= 4 is 39.5 Å². The van der Waals surface area contributed by atoms with Crippen LogP contribution in [0.5, 0.6) is 0 Å². The Hall–Kier alpha value is -1.94. The molecule has 19 heteroatoms. The van der Waals surface area contributed by atoms with Gasteiger partial charge in [0.2, 0.25) is 0 Å². The van der Waals surface area contributed by atoms with Gasteiger partial charge in [-0.2, -0.15) is 0 Å². The van der Waals surface area contributed by atoms with Gasteiger partial charge in [0.1, 0.15) is 19.3 Å². The molecule has 0 aromatic heterocycles. The molecule has 0 aliphatic heterocycles. The summed E-state index contributed by atoms with van der Waals surface area (Å²) >= 11 is 0. The van der Waals surface area contributed by atoms with E-state index in [1.165, 1.54) is 199 Å². The van der Waals surface area contributed by atoms with Crippen LogP contribution in [0.15, 0.2) is 0 Å². The standard InChI is InChI=1S/C77H150O17P2/c1-8-10-11-12-13-36-44-51-58-74(79)87-65-73(94-77(82)61-54-47-40-39-43-50-57-70(7)9-2)67-92-96(85,86)90-63-71(78)62-89-95(83,84)91-66-72(64-88-75(80)59-52-45-37-32-28-24-21-20-23-27-31-35-42-49-56-69(5)6)93-76(81)60-53-46-38-33-29-25-19-17-15-14-16-18-22-26-30-34-41-48-55-68(3)4/h68-73,78H,8-67H2,1-7H3,(H,83,84)(H,85,86)/t70?,71-,72-,73-/m1/s1. The lowest BCUT2D eigenvalue weighted by Gasteiger charge is -2.21. The highest BCUT2D eigenvalue weighted by Gasteiger charge is 2.30. The molecule has 0 heterocycles. The Labute approximate surface area is 588 Å². The van der Waals surface area contributed by atoms with Crippen LogP contribution in [0.4, 0.5) is 0 Å². The summed E-state index contributed by atoms with van der Waals surface area (Å²) in [7, 11) is -9.91. The van der Waals surface area contributed by atoms with Crippen molar-refractivity contribution in [3.63, 3.8) is 0 Å². The number of hydrogen-bond acceptors (Lipinski definition) is 15. The number of carbonyl (C=O) groups excluding carboxylic acids is 4. The lowest BCUT2D eigenvalue weighted by molar-refractivity contribution is -0.161. The SMILES string of the molecule is CCCCCCCCCCC(=O)OC[C@H](COP(=O)(O)OC[C@H](O)COP(=O)(O)OC[C@@H](COC(=O)CCCCCCCCCCCCCCCCC(C)C)OC(=O)CCCCCCCCCCCCCCCCCCCCC(C)C)OC(=O)CCCCCCCCC(C)CC. The molecule has 0 spiro atoms. The first-order valence-corrected chi connectivity index (χ1v) is 42.9. The summed E-state index contributed by atoms with van der Waals surface area (Å²) in [5.41, 5.74) is 0. The maximum atomic E-state index is 13.1. The number of esters is 4. The Morgan fingerprint density at radius 3 is 0.792 bits per heavy atom. The van der Waals surface area contributed by atoms with Gasteiger partial charge in [-0.25, -0.2) is 9.13 Å². The molecule has 17 nitrogen and oxygen atoms in total. The van der Waals surface area contributed by atoms with E-state index in [-0.39, 0.29) is 25.7 Å². The third kappa shape index (κ3) is 69.2. The molecule has 0 fully saturated rings. The van der Waals surface area contributed by atoms with Crippen LogP contribution in [-0.2, 0) is 65.4 Å². The number of phosphoric acid groups is 2. The molecule has 0 aliphatic rings. The van der Waals surface area contributed by atoms with Crippen molar-refractivity contribution in [2.24, 2.45) is 17.8 Å². The van der Waals surface area contributed by atoms with Gasteiger partial charge in [-0.15, -0.1) is 0 Å². The summed E-state index contributed by atoms with van der Waals surface area (Å²) in [6.07, 6.45) is 54.4. The second-order valence-corrected chi connectivity index (χ2v) is 31.8. The van der Waals surface area contributed by atoms with Gasteiger partial charge < -0.3 is 33.8 Å². The molecule has 0 rings (SSSR count). The van der Waals surface area contributed by atoms with E-state index in [1.54, 1.807) is 0 Å². The van der Waals surface area contributed by atoms with Gasteiger partial charge in [-0.05, 0) is 43.4 Å². The maximum absolute atomic E-state index is 13.1. The molecule has 0 bridgehead atoms. The Balaban J connectivity index is 5.18. The Morgan fingerprint density at radius 2 is 0.531 bits per heavy atom. The molecular weight excluding hydrogens is 1260 g/mol. The van der Waals surface area contributed by atoms with E-state index in [9.17, 15) is 43.2 Å². The Bertz CT molecular complexity index is 1870. The van der Waals surface area contributed by atoms with Gasteiger partial charge in [0.25, 0.3) is 0 Å². The van der Waals surface area contributed by atoms with Crippen LogP contribution in [0.25, 0.3) is 0 Å². The number of ether oxygens (including phenoxy) is 4. The van der Waals surface area contributed by atoms with Crippen LogP contribution in [0, 0.1) is 17.8 Å². The van der Waals surface area contributed by atoms with Crippen molar-refractivity contribution in [3.8, 4) is 0 Å². The van der Waals surface area contributed by atoms with E-state index in [1.807, 2.05) is 0 Å². The molecular formula is C77H150O17P2. The fraction of sp³-hybridized carbons (Fsp3) is 0.948. The molecule has 0 radical (unpaired) electrons. The lowest BCUT2D eigenvalue weighted by Crippen LogP contribution is -2.30. The minimum Gasteiger partial charge on any atom is -0.462 e. The predicted molar refractivity (Wildman–Crippen MR) is 391 cm³/mol. The van der Waals surface area contributed by atoms with Crippen molar-refractivity contribution in [1.82, 2.24) is 0 Å². The lowest BCUT2D eigenvalue weighted by atomic mass is 10.00. The van der Waals surface area contributed by atoms with E-state index in [0.717, 1.165) is 114 Å². The van der Waals surface area contributed by atoms with Gasteiger partial charge in [-0.1, -0.05) is 344 Å². The molecule has 3 unspecified atom stereocenters. The van der Waals surface area contributed by atoms with Gasteiger partial charge in [0.15, 0.2) is 12.2 Å². The molecule has 0 aromatic carbocycles. The molecule has 0 saturated heterocycles. The minimum atomic E-state index is -4.96. The summed E-state index contributed by atoms with van der Waals surface area (Å²) in [5.74, 6) is 0.217. The molecule has 6 atom stereocenters. The zero-order valence-corrected chi connectivity index (χ0v) is 64.6. The van der Waals surface area contributed by atoms with Gasteiger partial charge >= 0.3 is 39.5 Å². The van der Waals surface area contributed by atoms with Crippen molar-refractivity contribution < 1.29 is 80.2 Å². The van der Waals surface area contributed by atoms with Gasteiger partial charge in [0.05, 0.1) is 26.4 Å². The maximum Gasteiger partial charge on any atom is 0.472 e. The number of carbonyl (C=O) groups is 4. The fourth-order valence-corrected chi connectivity index (χ4v) is 13.3. The number of aliphatic hydroxyl groups is 1. The first-order valence-electron chi connectivity index (χ1n) is 39.9. The molecule has 0 aromatic rings. The topological polar surface area (TPSA) is 237 Å². The molecule has 3 N–H and O–H groups in total. The second-order valence-electron chi connectivity index (χ2n) is 28.9. The van der Waals surface area contributed by atoms with Gasteiger partial charge in [-0.3, -0.25) is 37.3 Å². The number of unbranched alkanes of at least 4 members (excludes halogenated alkanes) is 42. The monoisotopic (exact) mass is 1410 g/mol. The summed E-state index contributed by atoms with van der Waals surface area (Å²) < 4.78 is 68.4. The highest BCUT2D eigenvalue weighted by molar-refractivity contribution is 7.47. The quantitative estimate of drug-likeness (QED) is 0.0222. The summed E-state index contributed by atoms with van der Waals surface area (Å²) in [6, 6.07) is 0. The Morgan fingerprint density at radius 1 is 0.302 bits per heavy atom. The van der Waals surface area contributed by atoms with E-state index >= 15 is 0 Å². The summed E-state index contributed by atoms with van der Waals surface area (Å²) in [6.45, 7) is 11.9. The molecule has 570 valence electrons. The van der Waals surface area contributed by atoms with Crippen LogP contribution in [0.2, 0.25) is 0 Å². The van der Waals surface area contributed by atoms with Crippen LogP contribution in [0.3, 0.4) is 0 Å². The summed E-state index contributed by atoms with van der Waals surface area (Å²) in [4.78, 5) is 72.7. The van der Waals surface area contributed by atoms with Crippen molar-refractivity contribution in [2.45, 2.75) is 414 Å². The number of aliphatic hydroxyl groups excluding tert-OH is 1. The zero-order chi connectivity index (χ0) is 70.9. The van der Waals surface area contributed by atoms with Gasteiger partial charge in [0, 0.05) is 25.7 Å². The van der Waals surface area contributed by atoms with Crippen molar-refractivity contribution in [2.75, 3.05) is 39.6 Å². The number of rotatable bonds is 75. The number of phosphoric ester groups is 2. The zero-order valence-electron chi connectivity index (χ0n) is 62.8. The second kappa shape index (κ2) is 67.5. The highest BCUT2D eigenvalue weighted by Crippen LogP contribution is 2.45. The van der Waals surface area contributed by atoms with Crippen molar-refractivity contribution in [1.29, 1.82) is 0 Å². The largest absolute Gasteiger partial charge is 0.472 e. The van der Waals surface area contributed by atoms with Crippen LogP contribution in [-0.4, -0.2) is 96.7 Å². The van der Waals surface area contributed by atoms with E-state index < -0.39 is 97.5 Å². The number of hydrogen-bond donors (Lipinski definition) is 3. The first-order chi connectivity index (χ1) is 46.3. The molecule has 0 amide bonds.